The lowest BCUT2D eigenvalue weighted by molar-refractivity contribution is -0.128. The molecule has 1 atom stereocenters. The van der Waals surface area contributed by atoms with Gasteiger partial charge in [-0.2, -0.15) is 0 Å². The molecule has 1 unspecified atom stereocenters. The summed E-state index contributed by atoms with van der Waals surface area (Å²) in [7, 11) is -3.89. The van der Waals surface area contributed by atoms with Crippen LogP contribution in [0.4, 0.5) is 0 Å². The summed E-state index contributed by atoms with van der Waals surface area (Å²) in [4.78, 5) is 23.7. The van der Waals surface area contributed by atoms with E-state index in [-0.39, 0.29) is 12.3 Å². The van der Waals surface area contributed by atoms with E-state index in [2.05, 4.69) is 10.3 Å². The van der Waals surface area contributed by atoms with Crippen LogP contribution >= 0.6 is 7.60 Å². The van der Waals surface area contributed by atoms with E-state index in [4.69, 9.17) is 9.73 Å². The second kappa shape index (κ2) is 6.31. The van der Waals surface area contributed by atoms with E-state index in [1.807, 2.05) is 0 Å². The van der Waals surface area contributed by atoms with Crippen LogP contribution in [0.3, 0.4) is 0 Å². The third-order valence-corrected chi connectivity index (χ3v) is 2.72. The number of pyridine rings is 1. The average molecular weight is 261 g/mol. The monoisotopic (exact) mass is 261 g/mol. The Bertz CT molecular complexity index is 413. The van der Waals surface area contributed by atoms with Crippen molar-refractivity contribution in [2.24, 2.45) is 0 Å². The zero-order valence-corrected chi connectivity index (χ0v) is 9.63. The Morgan fingerprint density at radius 2 is 2.35 bits per heavy atom. The maximum atomic E-state index is 11.5. The predicted octanol–water partition coefficient (Wildman–Crippen LogP) is -0.302. The number of hydroxylamine groups is 1. The number of carbonyl (C=O) groups excluding carboxylic acids is 1. The van der Waals surface area contributed by atoms with Crippen LogP contribution in [-0.4, -0.2) is 33.8 Å². The van der Waals surface area contributed by atoms with Crippen LogP contribution in [-0.2, 0) is 9.36 Å². The Labute approximate surface area is 97.1 Å². The highest BCUT2D eigenvalue weighted by Crippen LogP contribution is 2.40. The first kappa shape index (κ1) is 13.6. The van der Waals surface area contributed by atoms with E-state index in [9.17, 15) is 14.3 Å². The molecule has 0 aliphatic heterocycles. The Kier molecular flexibility index (Phi) is 5.05. The number of nitrogens with zero attached hydrogens (tertiary/aromatic N) is 1. The number of carbonyl (C=O) groups is 1. The second-order valence-corrected chi connectivity index (χ2v) is 4.81. The standard InChI is InChI=1S/C8H12N3O5P/c12-8(11-13)5-10-6-17(14,15)16-7-2-1-3-9-4-7/h1-4,10,13H,5-6H2,(H,11,12)(H,14,15). The minimum absolute atomic E-state index is 0.159. The Hall–Kier alpha value is -1.47. The molecule has 0 spiro atoms. The summed E-state index contributed by atoms with van der Waals surface area (Å²) >= 11 is 0. The van der Waals surface area contributed by atoms with Crippen molar-refractivity contribution in [2.45, 2.75) is 0 Å². The number of hydrogen-bond acceptors (Lipinski definition) is 6. The molecule has 0 fully saturated rings. The first-order valence-corrected chi connectivity index (χ1v) is 6.35. The van der Waals surface area contributed by atoms with Crippen LogP contribution < -0.4 is 15.3 Å². The van der Waals surface area contributed by atoms with Gasteiger partial charge in [0.25, 0.3) is 5.91 Å². The van der Waals surface area contributed by atoms with Crippen LogP contribution in [0.15, 0.2) is 24.5 Å². The summed E-state index contributed by atoms with van der Waals surface area (Å²) in [5, 5.41) is 10.6. The molecule has 1 rings (SSSR count). The molecule has 0 bridgehead atoms. The first-order chi connectivity index (χ1) is 8.03. The van der Waals surface area contributed by atoms with E-state index >= 15 is 0 Å². The zero-order chi connectivity index (χ0) is 12.7. The van der Waals surface area contributed by atoms with Crippen molar-refractivity contribution in [2.75, 3.05) is 12.8 Å². The Morgan fingerprint density at radius 3 is 2.94 bits per heavy atom. The van der Waals surface area contributed by atoms with Gasteiger partial charge in [0.2, 0.25) is 0 Å². The van der Waals surface area contributed by atoms with Gasteiger partial charge in [-0.05, 0) is 12.1 Å². The maximum Gasteiger partial charge on any atom is 0.390 e. The molecule has 9 heteroatoms. The van der Waals surface area contributed by atoms with Gasteiger partial charge in [0.05, 0.1) is 12.7 Å². The average Bonchev–Trinajstić information content (AvgIpc) is 2.29. The van der Waals surface area contributed by atoms with Crippen molar-refractivity contribution >= 4 is 13.5 Å². The third-order valence-electron chi connectivity index (χ3n) is 1.60. The molecule has 1 amide bonds. The molecule has 1 heterocycles. The highest BCUT2D eigenvalue weighted by Gasteiger charge is 2.20. The van der Waals surface area contributed by atoms with Gasteiger partial charge >= 0.3 is 7.60 Å². The van der Waals surface area contributed by atoms with Gasteiger partial charge in [-0.25, -0.2) is 10.0 Å². The molecule has 94 valence electrons. The molecular weight excluding hydrogens is 249 g/mol. The molecule has 1 aromatic rings. The van der Waals surface area contributed by atoms with Crippen molar-refractivity contribution in [1.29, 1.82) is 0 Å². The van der Waals surface area contributed by atoms with E-state index in [0.717, 1.165) is 0 Å². The second-order valence-electron chi connectivity index (χ2n) is 3.04. The van der Waals surface area contributed by atoms with Gasteiger partial charge in [0, 0.05) is 6.20 Å². The number of rotatable bonds is 6. The summed E-state index contributed by atoms with van der Waals surface area (Å²) in [6, 6.07) is 3.04. The minimum atomic E-state index is -3.89. The summed E-state index contributed by atoms with van der Waals surface area (Å²) in [6.45, 7) is -0.294. The molecule has 0 saturated carbocycles. The predicted molar refractivity (Wildman–Crippen MR) is 57.5 cm³/mol. The fourth-order valence-electron chi connectivity index (χ4n) is 0.948. The Balaban J connectivity index is 2.41. The van der Waals surface area contributed by atoms with E-state index < -0.39 is 19.8 Å². The van der Waals surface area contributed by atoms with Crippen molar-refractivity contribution in [3.8, 4) is 5.75 Å². The molecule has 4 N–H and O–H groups in total. The molecule has 0 radical (unpaired) electrons. The maximum absolute atomic E-state index is 11.5. The quantitative estimate of drug-likeness (QED) is 0.315. The first-order valence-electron chi connectivity index (χ1n) is 4.58. The van der Waals surface area contributed by atoms with Crippen molar-refractivity contribution in [1.82, 2.24) is 15.8 Å². The fourth-order valence-corrected chi connectivity index (χ4v) is 1.84. The van der Waals surface area contributed by atoms with Crippen LogP contribution in [0.5, 0.6) is 5.75 Å². The van der Waals surface area contributed by atoms with Gasteiger partial charge in [-0.3, -0.25) is 20.3 Å². The minimum Gasteiger partial charge on any atom is -0.422 e. The lowest BCUT2D eigenvalue weighted by Crippen LogP contribution is -2.32. The number of hydrogen-bond donors (Lipinski definition) is 4. The Morgan fingerprint density at radius 1 is 1.59 bits per heavy atom. The van der Waals surface area contributed by atoms with Crippen molar-refractivity contribution in [3.05, 3.63) is 24.5 Å². The van der Waals surface area contributed by atoms with Gasteiger partial charge in [-0.1, -0.05) is 0 Å². The van der Waals surface area contributed by atoms with Crippen LogP contribution in [0.2, 0.25) is 0 Å². The van der Waals surface area contributed by atoms with Crippen LogP contribution in [0.1, 0.15) is 0 Å². The molecule has 0 aliphatic rings. The molecule has 0 saturated heterocycles. The van der Waals surface area contributed by atoms with E-state index in [0.29, 0.717) is 0 Å². The van der Waals surface area contributed by atoms with Gasteiger partial charge in [0.1, 0.15) is 12.0 Å². The van der Waals surface area contributed by atoms with Gasteiger partial charge in [-0.15, -0.1) is 0 Å². The largest absolute Gasteiger partial charge is 0.422 e. The van der Waals surface area contributed by atoms with Crippen LogP contribution in [0.25, 0.3) is 0 Å². The normalized spacial score (nSPS) is 13.8. The van der Waals surface area contributed by atoms with Crippen molar-refractivity contribution < 1.29 is 24.0 Å². The topological polar surface area (TPSA) is 121 Å². The number of amides is 1. The molecule has 17 heavy (non-hydrogen) atoms. The molecular formula is C8H12N3O5P. The number of nitrogens with one attached hydrogen (secondary N) is 2. The smallest absolute Gasteiger partial charge is 0.390 e. The number of aromatic nitrogens is 1. The molecule has 0 aromatic carbocycles. The lowest BCUT2D eigenvalue weighted by atomic mass is 10.5. The van der Waals surface area contributed by atoms with Gasteiger partial charge < -0.3 is 9.42 Å². The summed E-state index contributed by atoms with van der Waals surface area (Å²) in [5.41, 5.74) is 1.38. The SMILES string of the molecule is O=C(CNCP(=O)(O)Oc1cccnc1)NO. The van der Waals surface area contributed by atoms with Crippen LogP contribution in [0, 0.1) is 0 Å². The highest BCUT2D eigenvalue weighted by atomic mass is 31.2. The summed E-state index contributed by atoms with van der Waals surface area (Å²) in [5.74, 6) is -0.557. The van der Waals surface area contributed by atoms with Crippen molar-refractivity contribution in [3.63, 3.8) is 0 Å². The van der Waals surface area contributed by atoms with E-state index in [1.54, 1.807) is 6.07 Å². The van der Waals surface area contributed by atoms with E-state index in [1.165, 1.54) is 23.9 Å². The lowest BCUT2D eigenvalue weighted by Gasteiger charge is -2.13. The molecule has 1 aromatic heterocycles. The third kappa shape index (κ3) is 5.41. The summed E-state index contributed by atoms with van der Waals surface area (Å²) in [6.07, 6.45) is 2.37. The molecule has 0 aliphatic carbocycles. The highest BCUT2D eigenvalue weighted by molar-refractivity contribution is 7.53. The molecule has 8 nitrogen and oxygen atoms in total. The fraction of sp³-hybridized carbons (Fsp3) is 0.250. The zero-order valence-electron chi connectivity index (χ0n) is 8.74. The summed E-state index contributed by atoms with van der Waals surface area (Å²) < 4.78 is 16.3. The van der Waals surface area contributed by atoms with Gasteiger partial charge in [0.15, 0.2) is 0 Å².